The minimum absolute atomic E-state index is 0.0950. The van der Waals surface area contributed by atoms with E-state index in [2.05, 4.69) is 15.4 Å². The van der Waals surface area contributed by atoms with Gasteiger partial charge in [0.15, 0.2) is 0 Å². The summed E-state index contributed by atoms with van der Waals surface area (Å²) in [6.45, 7) is 11.8. The van der Waals surface area contributed by atoms with Gasteiger partial charge in [-0.1, -0.05) is 34.6 Å². The maximum Gasteiger partial charge on any atom is 0.280 e. The molecule has 0 bridgehead atoms. The number of pyridine rings is 1. The lowest BCUT2D eigenvalue weighted by atomic mass is 9.93. The van der Waals surface area contributed by atoms with Gasteiger partial charge in [0.05, 0.1) is 24.0 Å². The van der Waals surface area contributed by atoms with Crippen molar-refractivity contribution < 1.29 is 14.0 Å². The molecule has 0 aliphatic carbocycles. The van der Waals surface area contributed by atoms with Gasteiger partial charge in [-0.3, -0.25) is 14.4 Å². The number of carbonyl (C=O) groups is 2. The predicted molar refractivity (Wildman–Crippen MR) is 125 cm³/mol. The second-order valence-corrected chi connectivity index (χ2v) is 10.1. The van der Waals surface area contributed by atoms with Crippen LogP contribution in [0.3, 0.4) is 0 Å². The normalized spacial score (nSPS) is 14.7. The first-order valence-electron chi connectivity index (χ1n) is 11.3. The van der Waals surface area contributed by atoms with Gasteiger partial charge in [0.1, 0.15) is 29.5 Å². The molecule has 0 saturated heterocycles. The Hall–Kier alpha value is -3.56. The van der Waals surface area contributed by atoms with Crippen molar-refractivity contribution in [2.24, 2.45) is 5.92 Å². The van der Waals surface area contributed by atoms with E-state index >= 15 is 0 Å². The van der Waals surface area contributed by atoms with Crippen LogP contribution in [0, 0.1) is 11.7 Å². The van der Waals surface area contributed by atoms with Crippen LogP contribution < -0.4 is 10.9 Å². The summed E-state index contributed by atoms with van der Waals surface area (Å²) in [6.07, 6.45) is 1.01. The molecule has 1 atom stereocenters. The Labute approximate surface area is 196 Å². The first-order valence-corrected chi connectivity index (χ1v) is 11.3. The zero-order valence-electron chi connectivity index (χ0n) is 20.2. The summed E-state index contributed by atoms with van der Waals surface area (Å²) in [5.74, 6) is -0.899. The number of aromatic nitrogens is 4. The Morgan fingerprint density at radius 2 is 1.91 bits per heavy atom. The topological polar surface area (TPSA) is 102 Å². The van der Waals surface area contributed by atoms with E-state index in [1.807, 2.05) is 41.5 Å². The lowest BCUT2D eigenvalue weighted by Crippen LogP contribution is -2.37. The van der Waals surface area contributed by atoms with Crippen molar-refractivity contribution >= 4 is 23.3 Å². The lowest BCUT2D eigenvalue weighted by Gasteiger charge is -2.27. The number of hydrogen-bond acceptors (Lipinski definition) is 5. The van der Waals surface area contributed by atoms with Crippen molar-refractivity contribution in [1.29, 1.82) is 0 Å². The maximum atomic E-state index is 13.5. The van der Waals surface area contributed by atoms with Crippen molar-refractivity contribution in [3.63, 3.8) is 0 Å². The lowest BCUT2D eigenvalue weighted by molar-refractivity contribution is -0.116. The third kappa shape index (κ3) is 4.08. The molecule has 10 heteroatoms. The largest absolute Gasteiger partial charge is 0.330 e. The molecule has 3 aromatic rings. The molecule has 4 rings (SSSR count). The van der Waals surface area contributed by atoms with Gasteiger partial charge in [-0.05, 0) is 25.0 Å². The third-order valence-corrected chi connectivity index (χ3v) is 6.29. The Kier molecular flexibility index (Phi) is 5.79. The number of fused-ring (bicyclic) bond motifs is 2. The fraction of sp³-hybridized carbons (Fsp3) is 0.458. The van der Waals surface area contributed by atoms with E-state index in [0.717, 1.165) is 6.20 Å². The smallest absolute Gasteiger partial charge is 0.280 e. The molecule has 0 fully saturated rings. The highest BCUT2D eigenvalue weighted by Gasteiger charge is 2.38. The highest BCUT2D eigenvalue weighted by molar-refractivity contribution is 5.98. The third-order valence-electron chi connectivity index (χ3n) is 6.29. The molecule has 3 aromatic heterocycles. The van der Waals surface area contributed by atoms with Crippen molar-refractivity contribution in [3.8, 4) is 0 Å². The summed E-state index contributed by atoms with van der Waals surface area (Å²) in [5, 5.41) is 7.14. The average Bonchev–Trinajstić information content (AvgIpc) is 3.35. The summed E-state index contributed by atoms with van der Waals surface area (Å²) < 4.78 is 16.0. The monoisotopic (exact) mass is 468 g/mol. The zero-order chi connectivity index (χ0) is 24.9. The quantitative estimate of drug-likeness (QED) is 0.620. The number of nitrogens with zero attached hydrogens (tertiary/aromatic N) is 5. The van der Waals surface area contributed by atoms with Gasteiger partial charge < -0.3 is 14.8 Å². The number of anilines is 1. The molecule has 0 unspecified atom stereocenters. The van der Waals surface area contributed by atoms with Crippen molar-refractivity contribution in [2.75, 3.05) is 5.32 Å². The van der Waals surface area contributed by atoms with Crippen LogP contribution in [-0.4, -0.2) is 41.9 Å². The van der Waals surface area contributed by atoms with Crippen LogP contribution in [0.25, 0.3) is 5.65 Å². The fourth-order valence-corrected chi connectivity index (χ4v) is 3.98. The van der Waals surface area contributed by atoms with Crippen molar-refractivity contribution in [1.82, 2.24) is 24.1 Å². The van der Waals surface area contributed by atoms with E-state index in [0.29, 0.717) is 16.9 Å². The summed E-state index contributed by atoms with van der Waals surface area (Å²) in [7, 11) is 0. The van der Waals surface area contributed by atoms with E-state index in [-0.39, 0.29) is 53.4 Å². The number of carbonyl (C=O) groups excluding carboxylic acids is 2. The van der Waals surface area contributed by atoms with Gasteiger partial charge in [0.2, 0.25) is 5.91 Å². The minimum atomic E-state index is -0.517. The Morgan fingerprint density at radius 1 is 1.21 bits per heavy atom. The first kappa shape index (κ1) is 23.6. The first-order chi connectivity index (χ1) is 15.9. The van der Waals surface area contributed by atoms with E-state index < -0.39 is 11.7 Å². The van der Waals surface area contributed by atoms with Crippen LogP contribution in [0.4, 0.5) is 10.2 Å². The Balaban J connectivity index is 1.83. The molecule has 180 valence electrons. The molecular weight excluding hydrogens is 439 g/mol. The van der Waals surface area contributed by atoms with Gasteiger partial charge in [0, 0.05) is 17.5 Å². The molecular formula is C24H29FN6O3. The molecule has 1 aliphatic heterocycles. The van der Waals surface area contributed by atoms with Gasteiger partial charge in [-0.15, -0.1) is 0 Å². The summed E-state index contributed by atoms with van der Waals surface area (Å²) in [5.41, 5.74) is 0.854. The second kappa shape index (κ2) is 8.34. The van der Waals surface area contributed by atoms with Crippen LogP contribution in [-0.2, 0) is 23.3 Å². The maximum absolute atomic E-state index is 13.5. The zero-order valence-corrected chi connectivity index (χ0v) is 20.2. The van der Waals surface area contributed by atoms with E-state index in [1.54, 1.807) is 15.5 Å². The van der Waals surface area contributed by atoms with Crippen LogP contribution in [0.15, 0.2) is 29.2 Å². The molecule has 0 saturated carbocycles. The molecule has 4 heterocycles. The van der Waals surface area contributed by atoms with Gasteiger partial charge >= 0.3 is 0 Å². The minimum Gasteiger partial charge on any atom is -0.330 e. The molecule has 2 amide bonds. The molecule has 0 spiro atoms. The highest BCUT2D eigenvalue weighted by atomic mass is 19.1. The van der Waals surface area contributed by atoms with Crippen LogP contribution in [0.2, 0.25) is 0 Å². The van der Waals surface area contributed by atoms with E-state index in [4.69, 9.17) is 0 Å². The number of halogens is 1. The second-order valence-electron chi connectivity index (χ2n) is 10.1. The highest BCUT2D eigenvalue weighted by Crippen LogP contribution is 2.28. The van der Waals surface area contributed by atoms with E-state index in [1.165, 1.54) is 16.6 Å². The molecule has 0 aromatic carbocycles. The molecule has 0 radical (unpaired) electrons. The Morgan fingerprint density at radius 3 is 2.50 bits per heavy atom. The number of hydrogen-bond donors (Lipinski definition) is 1. The fourth-order valence-electron chi connectivity index (χ4n) is 3.98. The van der Waals surface area contributed by atoms with Gasteiger partial charge in [-0.25, -0.2) is 9.37 Å². The number of rotatable bonds is 5. The van der Waals surface area contributed by atoms with Crippen molar-refractivity contribution in [2.45, 2.75) is 66.1 Å². The SMILES string of the molecule is CC(C)[C@H](C)N1Cc2c(n(CC(=O)Nc3ccc(F)cn3)c3cc(C(C)(C)C)nn3c2=O)C1=O. The van der Waals surface area contributed by atoms with E-state index in [9.17, 15) is 18.8 Å². The Bertz CT molecular complexity index is 1330. The predicted octanol–water partition coefficient (Wildman–Crippen LogP) is 2.97. The summed E-state index contributed by atoms with van der Waals surface area (Å²) in [4.78, 5) is 45.3. The average molecular weight is 469 g/mol. The van der Waals surface area contributed by atoms with Gasteiger partial charge in [-0.2, -0.15) is 9.61 Å². The standard InChI is InChI=1S/C24H29FN6O3/c1-13(2)14(3)29-11-16-21(23(29)34)30(12-19(32)27-18-8-7-15(25)10-26-18)20-9-17(24(4,5)6)28-31(20)22(16)33/h7-10,13-14H,11-12H2,1-6H3,(H,26,27,32)/t14-/m0/s1. The molecule has 34 heavy (non-hydrogen) atoms. The molecule has 9 nitrogen and oxygen atoms in total. The molecule has 1 aliphatic rings. The molecule has 1 N–H and O–H groups in total. The van der Waals surface area contributed by atoms with Crippen LogP contribution in [0.1, 0.15) is 63.3 Å². The summed E-state index contributed by atoms with van der Waals surface area (Å²) in [6, 6.07) is 4.20. The van der Waals surface area contributed by atoms with Crippen LogP contribution in [0.5, 0.6) is 0 Å². The van der Waals surface area contributed by atoms with Crippen LogP contribution >= 0.6 is 0 Å². The van der Waals surface area contributed by atoms with Gasteiger partial charge in [0.25, 0.3) is 11.5 Å². The van der Waals surface area contributed by atoms with Crippen molar-refractivity contribution in [3.05, 3.63) is 57.5 Å². The number of nitrogens with one attached hydrogen (secondary N) is 1. The number of amides is 2. The summed E-state index contributed by atoms with van der Waals surface area (Å²) >= 11 is 0.